The van der Waals surface area contributed by atoms with E-state index in [-0.39, 0.29) is 0 Å². The van der Waals surface area contributed by atoms with Crippen LogP contribution >= 0.6 is 16.3 Å². The topological polar surface area (TPSA) is 62.7 Å². The summed E-state index contributed by atoms with van der Waals surface area (Å²) in [6.07, 6.45) is 0. The summed E-state index contributed by atoms with van der Waals surface area (Å²) < 4.78 is 4.50. The van der Waals surface area contributed by atoms with E-state index in [1.54, 1.807) is 12.1 Å². The van der Waals surface area contributed by atoms with Gasteiger partial charge in [0.1, 0.15) is 0 Å². The Kier molecular flexibility index (Phi) is 3.86. The highest BCUT2D eigenvalue weighted by Gasteiger charge is 2.14. The van der Waals surface area contributed by atoms with E-state index < -0.39 is 5.97 Å². The maximum Gasteiger partial charge on any atom is 0.349 e. The minimum atomic E-state index is -0.408. The van der Waals surface area contributed by atoms with E-state index in [4.69, 9.17) is 0 Å². The number of aryl methyl sites for hydroxylation is 1. The van der Waals surface area contributed by atoms with Crippen molar-refractivity contribution in [3.63, 3.8) is 0 Å². The van der Waals surface area contributed by atoms with Gasteiger partial charge in [0.25, 0.3) is 0 Å². The van der Waals surface area contributed by atoms with Crippen molar-refractivity contribution < 1.29 is 8.62 Å². The van der Waals surface area contributed by atoms with Gasteiger partial charge in [0, 0.05) is 11.7 Å². The molecule has 6 heteroatoms. The SMILES string of the molecule is Cc1cc(C(=O)OBr)ccc1NC1=NCC(C)N1. The Morgan fingerprint density at radius 2 is 2.39 bits per heavy atom. The number of halogens is 1. The van der Waals surface area contributed by atoms with Gasteiger partial charge in [-0.05, 0) is 37.6 Å². The first-order chi connectivity index (χ1) is 8.60. The second kappa shape index (κ2) is 5.39. The summed E-state index contributed by atoms with van der Waals surface area (Å²) in [7, 11) is 0. The number of carbonyl (C=O) groups excluding carboxylic acids is 1. The Balaban J connectivity index is 2.13. The molecule has 0 amide bonds. The first-order valence-electron chi connectivity index (χ1n) is 5.61. The van der Waals surface area contributed by atoms with Gasteiger partial charge in [-0.2, -0.15) is 0 Å². The normalized spacial score (nSPS) is 17.9. The van der Waals surface area contributed by atoms with Crippen LogP contribution in [0.15, 0.2) is 23.2 Å². The quantitative estimate of drug-likeness (QED) is 0.879. The van der Waals surface area contributed by atoms with Crippen LogP contribution in [0.1, 0.15) is 22.8 Å². The van der Waals surface area contributed by atoms with Crippen molar-refractivity contribution in [1.82, 2.24) is 5.32 Å². The highest BCUT2D eigenvalue weighted by Crippen LogP contribution is 2.18. The van der Waals surface area contributed by atoms with Crippen molar-refractivity contribution in [3.05, 3.63) is 29.3 Å². The highest BCUT2D eigenvalue weighted by atomic mass is 79.9. The van der Waals surface area contributed by atoms with E-state index in [1.165, 1.54) is 0 Å². The van der Waals surface area contributed by atoms with Crippen LogP contribution in [0.2, 0.25) is 0 Å². The number of guanidine groups is 1. The van der Waals surface area contributed by atoms with Gasteiger partial charge in [-0.25, -0.2) is 4.79 Å². The molecule has 18 heavy (non-hydrogen) atoms. The lowest BCUT2D eigenvalue weighted by atomic mass is 10.1. The van der Waals surface area contributed by atoms with E-state index in [9.17, 15) is 4.79 Å². The predicted molar refractivity (Wildman–Crippen MR) is 74.0 cm³/mol. The number of nitrogens with one attached hydrogen (secondary N) is 2. The van der Waals surface area contributed by atoms with Crippen LogP contribution in [-0.2, 0) is 3.83 Å². The van der Waals surface area contributed by atoms with Gasteiger partial charge in [-0.3, -0.25) is 4.99 Å². The number of anilines is 1. The van der Waals surface area contributed by atoms with Crippen LogP contribution in [0, 0.1) is 6.92 Å². The molecular formula is C12H14BrN3O2. The lowest BCUT2D eigenvalue weighted by Gasteiger charge is -2.11. The van der Waals surface area contributed by atoms with Crippen LogP contribution in [0.5, 0.6) is 0 Å². The first-order valence-corrected chi connectivity index (χ1v) is 6.26. The average Bonchev–Trinajstić information content (AvgIpc) is 2.76. The Hall–Kier alpha value is -1.56. The fourth-order valence-corrected chi connectivity index (χ4v) is 1.92. The van der Waals surface area contributed by atoms with Crippen molar-refractivity contribution in [2.75, 3.05) is 11.9 Å². The molecule has 0 aromatic heterocycles. The fourth-order valence-electron chi connectivity index (χ4n) is 1.73. The summed E-state index contributed by atoms with van der Waals surface area (Å²) in [6, 6.07) is 5.67. The molecule has 1 aromatic rings. The standard InChI is InChI=1S/C12H14BrN3O2/c1-7-5-9(11(17)18-13)3-4-10(7)16-12-14-6-8(2)15-12/h3-5,8H,6H2,1-2H3,(H2,14,15,16). The van der Waals surface area contributed by atoms with Gasteiger partial charge in [0.05, 0.1) is 12.1 Å². The van der Waals surface area contributed by atoms with E-state index >= 15 is 0 Å². The van der Waals surface area contributed by atoms with Gasteiger partial charge in [0.15, 0.2) is 22.2 Å². The smallest absolute Gasteiger partial charge is 0.349 e. The zero-order valence-electron chi connectivity index (χ0n) is 10.2. The third-order valence-electron chi connectivity index (χ3n) is 2.69. The third kappa shape index (κ3) is 2.81. The largest absolute Gasteiger partial charge is 0.380 e. The minimum Gasteiger partial charge on any atom is -0.380 e. The Morgan fingerprint density at radius 1 is 1.61 bits per heavy atom. The number of rotatable bonds is 2. The van der Waals surface area contributed by atoms with Crippen LogP contribution in [-0.4, -0.2) is 24.5 Å². The van der Waals surface area contributed by atoms with Crippen LogP contribution in [0.3, 0.4) is 0 Å². The Labute approximate surface area is 114 Å². The Morgan fingerprint density at radius 3 is 2.94 bits per heavy atom. The minimum absolute atomic E-state index is 0.357. The molecule has 1 aromatic carbocycles. The highest BCUT2D eigenvalue weighted by molar-refractivity contribution is 9.06. The lowest BCUT2D eigenvalue weighted by Crippen LogP contribution is -2.32. The van der Waals surface area contributed by atoms with Gasteiger partial charge >= 0.3 is 5.97 Å². The van der Waals surface area contributed by atoms with Gasteiger partial charge in [0.2, 0.25) is 0 Å². The molecule has 5 nitrogen and oxygen atoms in total. The van der Waals surface area contributed by atoms with E-state index in [0.717, 1.165) is 23.8 Å². The lowest BCUT2D eigenvalue weighted by molar-refractivity contribution is 0.0782. The molecule has 0 aliphatic carbocycles. The second-order valence-electron chi connectivity index (χ2n) is 4.25. The summed E-state index contributed by atoms with van der Waals surface area (Å²) in [5.41, 5.74) is 2.38. The van der Waals surface area contributed by atoms with Crippen molar-refractivity contribution in [3.8, 4) is 0 Å². The number of carbonyl (C=O) groups is 1. The second-order valence-corrected chi connectivity index (χ2v) is 4.58. The van der Waals surface area contributed by atoms with E-state index in [2.05, 4.69) is 42.6 Å². The monoisotopic (exact) mass is 311 g/mol. The number of aliphatic imine (C=N–C) groups is 1. The first kappa shape index (κ1) is 12.9. The van der Waals surface area contributed by atoms with Crippen LogP contribution in [0.25, 0.3) is 0 Å². The molecule has 96 valence electrons. The molecule has 0 saturated heterocycles. The van der Waals surface area contributed by atoms with Crippen molar-refractivity contribution in [1.29, 1.82) is 0 Å². The Bertz CT molecular complexity index is 502. The number of hydrogen-bond donors (Lipinski definition) is 2. The molecule has 0 spiro atoms. The van der Waals surface area contributed by atoms with Gasteiger partial charge < -0.3 is 14.5 Å². The maximum atomic E-state index is 11.3. The van der Waals surface area contributed by atoms with E-state index in [0.29, 0.717) is 11.6 Å². The summed E-state index contributed by atoms with van der Waals surface area (Å²) in [5, 5.41) is 6.42. The van der Waals surface area contributed by atoms with Crippen molar-refractivity contribution in [2.45, 2.75) is 19.9 Å². The number of benzene rings is 1. The summed E-state index contributed by atoms with van der Waals surface area (Å²) in [6.45, 7) is 4.77. The van der Waals surface area contributed by atoms with E-state index in [1.807, 2.05) is 13.0 Å². The molecule has 1 aliphatic rings. The van der Waals surface area contributed by atoms with Crippen molar-refractivity contribution >= 4 is 33.9 Å². The van der Waals surface area contributed by atoms with Crippen molar-refractivity contribution in [2.24, 2.45) is 4.99 Å². The fraction of sp³-hybridized carbons (Fsp3) is 0.333. The molecular weight excluding hydrogens is 298 g/mol. The number of hydrogen-bond acceptors (Lipinski definition) is 5. The number of nitrogens with zero attached hydrogens (tertiary/aromatic N) is 1. The average molecular weight is 312 g/mol. The maximum absolute atomic E-state index is 11.3. The third-order valence-corrected chi connectivity index (χ3v) is 2.99. The van der Waals surface area contributed by atoms with Gasteiger partial charge in [-0.15, -0.1) is 0 Å². The molecule has 0 radical (unpaired) electrons. The summed E-state index contributed by atoms with van der Waals surface area (Å²) in [4.78, 5) is 15.7. The predicted octanol–water partition coefficient (Wildman–Crippen LogP) is 2.22. The zero-order chi connectivity index (χ0) is 13.1. The molecule has 1 unspecified atom stereocenters. The van der Waals surface area contributed by atoms with Gasteiger partial charge in [-0.1, -0.05) is 0 Å². The molecule has 1 heterocycles. The summed E-state index contributed by atoms with van der Waals surface area (Å²) >= 11 is 2.68. The molecule has 2 N–H and O–H groups in total. The van der Waals surface area contributed by atoms with Crippen LogP contribution < -0.4 is 10.6 Å². The molecule has 1 aliphatic heterocycles. The van der Waals surface area contributed by atoms with Crippen LogP contribution in [0.4, 0.5) is 5.69 Å². The zero-order valence-corrected chi connectivity index (χ0v) is 11.7. The molecule has 1 atom stereocenters. The molecule has 0 bridgehead atoms. The summed E-state index contributed by atoms with van der Waals surface area (Å²) in [5.74, 6) is 0.357. The molecule has 2 rings (SSSR count). The molecule has 0 fully saturated rings. The molecule has 0 saturated carbocycles.